The zero-order valence-corrected chi connectivity index (χ0v) is 12.9. The summed E-state index contributed by atoms with van der Waals surface area (Å²) in [6, 6.07) is 3.50. The molecule has 1 amide bonds. The number of carbonyl (C=O) groups is 1. The van der Waals surface area contributed by atoms with E-state index in [9.17, 15) is 13.6 Å². The summed E-state index contributed by atoms with van der Waals surface area (Å²) in [7, 11) is 1.58. The fourth-order valence-corrected chi connectivity index (χ4v) is 2.61. The van der Waals surface area contributed by atoms with Gasteiger partial charge in [0.25, 0.3) is 5.91 Å². The molecule has 0 fully saturated rings. The number of rotatable bonds is 4. The SMILES string of the molecule is COC1=CC=C(c2nc(-c3c(F)cccc3F)[nH]c2C(N)=O)CC1. The van der Waals surface area contributed by atoms with Crippen LogP contribution in [0.2, 0.25) is 0 Å². The average Bonchev–Trinajstić information content (AvgIpc) is 3.00. The normalized spacial score (nSPS) is 14.1. The van der Waals surface area contributed by atoms with Crippen molar-refractivity contribution >= 4 is 11.5 Å². The Balaban J connectivity index is 2.12. The Morgan fingerprint density at radius 3 is 2.50 bits per heavy atom. The van der Waals surface area contributed by atoms with E-state index in [-0.39, 0.29) is 17.1 Å². The summed E-state index contributed by atoms with van der Waals surface area (Å²) >= 11 is 0. The number of amides is 1. The second-order valence-electron chi connectivity index (χ2n) is 5.30. The quantitative estimate of drug-likeness (QED) is 0.903. The van der Waals surface area contributed by atoms with Gasteiger partial charge in [0.15, 0.2) is 0 Å². The first kappa shape index (κ1) is 15.9. The van der Waals surface area contributed by atoms with Crippen molar-refractivity contribution in [2.24, 2.45) is 5.73 Å². The topological polar surface area (TPSA) is 81.0 Å². The lowest BCUT2D eigenvalue weighted by Crippen LogP contribution is -2.14. The summed E-state index contributed by atoms with van der Waals surface area (Å²) in [5.74, 6) is -1.56. The van der Waals surface area contributed by atoms with Gasteiger partial charge in [-0.2, -0.15) is 0 Å². The molecule has 124 valence electrons. The summed E-state index contributed by atoms with van der Waals surface area (Å²) in [6.07, 6.45) is 4.73. The number of aromatic amines is 1. The van der Waals surface area contributed by atoms with E-state index in [4.69, 9.17) is 10.5 Å². The first-order valence-corrected chi connectivity index (χ1v) is 7.29. The summed E-state index contributed by atoms with van der Waals surface area (Å²) in [6.45, 7) is 0. The molecule has 1 aliphatic carbocycles. The monoisotopic (exact) mass is 331 g/mol. The highest BCUT2D eigenvalue weighted by Crippen LogP contribution is 2.31. The second-order valence-corrected chi connectivity index (χ2v) is 5.30. The molecule has 0 radical (unpaired) electrons. The average molecular weight is 331 g/mol. The van der Waals surface area contributed by atoms with E-state index < -0.39 is 17.5 Å². The largest absolute Gasteiger partial charge is 0.501 e. The van der Waals surface area contributed by atoms with Crippen LogP contribution in [0.4, 0.5) is 8.78 Å². The Kier molecular flexibility index (Phi) is 4.16. The number of nitrogens with two attached hydrogens (primary N) is 1. The van der Waals surface area contributed by atoms with Gasteiger partial charge < -0.3 is 15.5 Å². The number of imidazole rings is 1. The molecule has 24 heavy (non-hydrogen) atoms. The maximum absolute atomic E-state index is 14.0. The van der Waals surface area contributed by atoms with Gasteiger partial charge in [-0.05, 0) is 30.2 Å². The Bertz CT molecular complexity index is 848. The third-order valence-electron chi connectivity index (χ3n) is 3.83. The van der Waals surface area contributed by atoms with Gasteiger partial charge in [0, 0.05) is 6.42 Å². The number of hydrogen-bond donors (Lipinski definition) is 2. The van der Waals surface area contributed by atoms with E-state index in [2.05, 4.69) is 9.97 Å². The summed E-state index contributed by atoms with van der Waals surface area (Å²) in [4.78, 5) is 18.6. The van der Waals surface area contributed by atoms with Crippen molar-refractivity contribution in [1.29, 1.82) is 0 Å². The number of allylic oxidation sites excluding steroid dienone is 4. The van der Waals surface area contributed by atoms with Crippen LogP contribution in [0.1, 0.15) is 29.0 Å². The van der Waals surface area contributed by atoms with Crippen molar-refractivity contribution in [2.45, 2.75) is 12.8 Å². The van der Waals surface area contributed by atoms with Crippen LogP contribution in [0, 0.1) is 11.6 Å². The highest BCUT2D eigenvalue weighted by molar-refractivity contribution is 5.96. The zero-order valence-electron chi connectivity index (χ0n) is 12.9. The van der Waals surface area contributed by atoms with E-state index in [1.165, 1.54) is 6.07 Å². The fourth-order valence-electron chi connectivity index (χ4n) is 2.61. The predicted octanol–water partition coefficient (Wildman–Crippen LogP) is 3.16. The maximum atomic E-state index is 14.0. The molecule has 0 spiro atoms. The van der Waals surface area contributed by atoms with Crippen molar-refractivity contribution in [1.82, 2.24) is 9.97 Å². The lowest BCUT2D eigenvalue weighted by Gasteiger charge is -2.12. The van der Waals surface area contributed by atoms with Gasteiger partial charge in [-0.1, -0.05) is 12.1 Å². The molecule has 3 rings (SSSR count). The van der Waals surface area contributed by atoms with Crippen LogP contribution in [0.3, 0.4) is 0 Å². The third kappa shape index (κ3) is 2.80. The molecule has 1 aromatic heterocycles. The molecule has 2 aromatic rings. The minimum absolute atomic E-state index is 0.0215. The molecule has 0 bridgehead atoms. The Hall–Kier alpha value is -2.96. The molecule has 5 nitrogen and oxygen atoms in total. The number of ether oxygens (including phenoxy) is 1. The number of halogens is 2. The predicted molar refractivity (Wildman–Crippen MR) is 84.8 cm³/mol. The number of carbonyl (C=O) groups excluding carboxylic acids is 1. The smallest absolute Gasteiger partial charge is 0.267 e. The van der Waals surface area contributed by atoms with Crippen LogP contribution >= 0.6 is 0 Å². The summed E-state index contributed by atoms with van der Waals surface area (Å²) in [5.41, 5.74) is 6.11. The maximum Gasteiger partial charge on any atom is 0.267 e. The van der Waals surface area contributed by atoms with Crippen LogP contribution in [-0.2, 0) is 4.74 Å². The standard InChI is InChI=1S/C17H15F2N3O2/c1-24-10-7-5-9(6-8-10)14-15(16(20)23)22-17(21-14)13-11(18)3-2-4-12(13)19/h2-5,7H,6,8H2,1H3,(H2,20,23)(H,21,22). The Labute approximate surface area is 136 Å². The van der Waals surface area contributed by atoms with Crippen molar-refractivity contribution in [3.8, 4) is 11.4 Å². The van der Waals surface area contributed by atoms with Crippen LogP contribution in [-0.4, -0.2) is 23.0 Å². The molecule has 1 aliphatic rings. The number of methoxy groups -OCH3 is 1. The lowest BCUT2D eigenvalue weighted by molar-refractivity contribution is 0.0996. The van der Waals surface area contributed by atoms with Crippen molar-refractivity contribution in [2.75, 3.05) is 7.11 Å². The first-order valence-electron chi connectivity index (χ1n) is 7.29. The van der Waals surface area contributed by atoms with Gasteiger partial charge >= 0.3 is 0 Å². The molecule has 7 heteroatoms. The third-order valence-corrected chi connectivity index (χ3v) is 3.83. The first-order chi connectivity index (χ1) is 11.5. The zero-order chi connectivity index (χ0) is 17.3. The number of nitrogens with zero attached hydrogens (tertiary/aromatic N) is 1. The molecule has 0 atom stereocenters. The van der Waals surface area contributed by atoms with Crippen molar-refractivity contribution in [3.05, 3.63) is 59.1 Å². The van der Waals surface area contributed by atoms with Crippen LogP contribution in [0.5, 0.6) is 0 Å². The van der Waals surface area contributed by atoms with E-state index in [0.29, 0.717) is 18.5 Å². The molecule has 0 unspecified atom stereocenters. The van der Waals surface area contributed by atoms with Crippen LogP contribution < -0.4 is 5.73 Å². The van der Waals surface area contributed by atoms with Gasteiger partial charge in [-0.25, -0.2) is 13.8 Å². The molecule has 3 N–H and O–H groups in total. The minimum Gasteiger partial charge on any atom is -0.501 e. The Morgan fingerprint density at radius 1 is 1.25 bits per heavy atom. The van der Waals surface area contributed by atoms with Gasteiger partial charge in [-0.15, -0.1) is 0 Å². The molecular weight excluding hydrogens is 316 g/mol. The van der Waals surface area contributed by atoms with E-state index in [1.807, 2.05) is 0 Å². The number of benzene rings is 1. The van der Waals surface area contributed by atoms with Gasteiger partial charge in [0.05, 0.1) is 24.1 Å². The molecule has 0 aliphatic heterocycles. The number of hydrogen-bond acceptors (Lipinski definition) is 3. The van der Waals surface area contributed by atoms with E-state index in [1.54, 1.807) is 19.3 Å². The number of nitrogens with one attached hydrogen (secondary N) is 1. The number of aromatic nitrogens is 2. The van der Waals surface area contributed by atoms with Crippen molar-refractivity contribution < 1.29 is 18.3 Å². The minimum atomic E-state index is -0.773. The van der Waals surface area contributed by atoms with Crippen molar-refractivity contribution in [3.63, 3.8) is 0 Å². The summed E-state index contributed by atoms with van der Waals surface area (Å²) < 4.78 is 33.1. The molecule has 1 aromatic carbocycles. The number of primary amides is 1. The van der Waals surface area contributed by atoms with Gasteiger partial charge in [-0.3, -0.25) is 4.79 Å². The fraction of sp³-hybridized carbons (Fsp3) is 0.176. The lowest BCUT2D eigenvalue weighted by atomic mass is 9.99. The molecule has 0 saturated carbocycles. The number of H-pyrrole nitrogens is 1. The van der Waals surface area contributed by atoms with Crippen LogP contribution in [0.15, 0.2) is 36.1 Å². The van der Waals surface area contributed by atoms with Gasteiger partial charge in [0.2, 0.25) is 0 Å². The van der Waals surface area contributed by atoms with E-state index >= 15 is 0 Å². The second kappa shape index (κ2) is 6.27. The molecule has 0 saturated heterocycles. The van der Waals surface area contributed by atoms with E-state index in [0.717, 1.165) is 23.5 Å². The highest BCUT2D eigenvalue weighted by atomic mass is 19.1. The Morgan fingerprint density at radius 2 is 1.96 bits per heavy atom. The summed E-state index contributed by atoms with van der Waals surface area (Å²) in [5, 5.41) is 0. The highest BCUT2D eigenvalue weighted by Gasteiger charge is 2.23. The molecular formula is C17H15F2N3O2. The van der Waals surface area contributed by atoms with Gasteiger partial charge in [0.1, 0.15) is 23.2 Å². The molecule has 1 heterocycles. The van der Waals surface area contributed by atoms with Crippen LogP contribution in [0.25, 0.3) is 17.0 Å².